The van der Waals surface area contributed by atoms with Crippen molar-refractivity contribution in [2.75, 3.05) is 40.5 Å². The average Bonchev–Trinajstić information content (AvgIpc) is 2.46. The molecule has 5 nitrogen and oxygen atoms in total. The summed E-state index contributed by atoms with van der Waals surface area (Å²) in [5.74, 6) is -0.778. The van der Waals surface area contributed by atoms with E-state index in [0.29, 0.717) is 32.7 Å². The lowest BCUT2D eigenvalue weighted by molar-refractivity contribution is 0.0686. The quantitative estimate of drug-likeness (QED) is 0.781. The van der Waals surface area contributed by atoms with Gasteiger partial charge in [-0.05, 0) is 25.1 Å². The van der Waals surface area contributed by atoms with E-state index < -0.39 is 11.7 Å². The van der Waals surface area contributed by atoms with E-state index in [2.05, 4.69) is 0 Å². The highest BCUT2D eigenvalue weighted by Crippen LogP contribution is 2.23. The van der Waals surface area contributed by atoms with Crippen LogP contribution in [0.2, 0.25) is 0 Å². The highest BCUT2D eigenvalue weighted by Gasteiger charge is 2.22. The SMILES string of the molecule is COCCN(CCCN)C(=O)c1c(F)cccc1OC. The Kier molecular flexibility index (Phi) is 6.97. The summed E-state index contributed by atoms with van der Waals surface area (Å²) in [6, 6.07) is 4.31. The van der Waals surface area contributed by atoms with E-state index in [1.165, 1.54) is 24.1 Å². The molecule has 0 heterocycles. The molecule has 0 aliphatic heterocycles. The molecule has 112 valence electrons. The van der Waals surface area contributed by atoms with Gasteiger partial charge in [-0.25, -0.2) is 4.39 Å². The molecule has 0 bridgehead atoms. The van der Waals surface area contributed by atoms with E-state index in [-0.39, 0.29) is 11.3 Å². The fourth-order valence-corrected chi connectivity index (χ4v) is 1.84. The number of nitrogens with zero attached hydrogens (tertiary/aromatic N) is 1. The Hall–Kier alpha value is -1.66. The monoisotopic (exact) mass is 284 g/mol. The summed E-state index contributed by atoms with van der Waals surface area (Å²) in [6.45, 7) is 1.68. The number of carbonyl (C=O) groups is 1. The lowest BCUT2D eigenvalue weighted by Gasteiger charge is -2.23. The van der Waals surface area contributed by atoms with Gasteiger partial charge in [-0.2, -0.15) is 0 Å². The molecular formula is C14H21FN2O3. The van der Waals surface area contributed by atoms with Crippen molar-refractivity contribution in [2.24, 2.45) is 5.73 Å². The first-order chi connectivity index (χ1) is 9.65. The predicted molar refractivity (Wildman–Crippen MR) is 74.4 cm³/mol. The van der Waals surface area contributed by atoms with Crippen molar-refractivity contribution in [1.29, 1.82) is 0 Å². The van der Waals surface area contributed by atoms with Crippen molar-refractivity contribution >= 4 is 5.91 Å². The third-order valence-electron chi connectivity index (χ3n) is 2.89. The van der Waals surface area contributed by atoms with Crippen LogP contribution in [0.1, 0.15) is 16.8 Å². The highest BCUT2D eigenvalue weighted by atomic mass is 19.1. The van der Waals surface area contributed by atoms with Crippen LogP contribution in [0.4, 0.5) is 4.39 Å². The molecule has 1 aromatic rings. The largest absolute Gasteiger partial charge is 0.496 e. The first kappa shape index (κ1) is 16.4. The van der Waals surface area contributed by atoms with Crippen LogP contribution in [-0.2, 0) is 4.74 Å². The Labute approximate surface area is 118 Å². The van der Waals surface area contributed by atoms with Crippen molar-refractivity contribution < 1.29 is 18.7 Å². The van der Waals surface area contributed by atoms with Gasteiger partial charge in [0, 0.05) is 20.2 Å². The highest BCUT2D eigenvalue weighted by molar-refractivity contribution is 5.97. The first-order valence-corrected chi connectivity index (χ1v) is 6.46. The zero-order valence-corrected chi connectivity index (χ0v) is 11.9. The molecule has 6 heteroatoms. The first-order valence-electron chi connectivity index (χ1n) is 6.46. The van der Waals surface area contributed by atoms with Gasteiger partial charge in [0.1, 0.15) is 17.1 Å². The Balaban J connectivity index is 2.98. The average molecular weight is 284 g/mol. The Morgan fingerprint density at radius 3 is 2.70 bits per heavy atom. The van der Waals surface area contributed by atoms with Gasteiger partial charge in [0.2, 0.25) is 0 Å². The molecule has 0 atom stereocenters. The summed E-state index contributed by atoms with van der Waals surface area (Å²) in [4.78, 5) is 14.0. The smallest absolute Gasteiger partial charge is 0.260 e. The molecule has 0 spiro atoms. The van der Waals surface area contributed by atoms with Crippen LogP contribution in [0, 0.1) is 5.82 Å². The number of ether oxygens (including phenoxy) is 2. The molecule has 0 unspecified atom stereocenters. The molecule has 0 radical (unpaired) electrons. The molecular weight excluding hydrogens is 263 g/mol. The minimum absolute atomic E-state index is 0.0527. The molecule has 1 rings (SSSR count). The van der Waals surface area contributed by atoms with Gasteiger partial charge in [0.15, 0.2) is 0 Å². The van der Waals surface area contributed by atoms with Crippen LogP contribution in [0.5, 0.6) is 5.75 Å². The number of methoxy groups -OCH3 is 2. The minimum atomic E-state index is -0.593. The third kappa shape index (κ3) is 4.18. The van der Waals surface area contributed by atoms with Crippen molar-refractivity contribution in [1.82, 2.24) is 4.90 Å². The topological polar surface area (TPSA) is 64.8 Å². The van der Waals surface area contributed by atoms with Gasteiger partial charge in [0.05, 0.1) is 13.7 Å². The van der Waals surface area contributed by atoms with Crippen molar-refractivity contribution in [2.45, 2.75) is 6.42 Å². The zero-order valence-electron chi connectivity index (χ0n) is 11.9. The molecule has 0 aliphatic rings. The Morgan fingerprint density at radius 2 is 2.10 bits per heavy atom. The maximum absolute atomic E-state index is 13.9. The van der Waals surface area contributed by atoms with Crippen LogP contribution in [0.15, 0.2) is 18.2 Å². The van der Waals surface area contributed by atoms with Gasteiger partial charge in [0.25, 0.3) is 5.91 Å². The summed E-state index contributed by atoms with van der Waals surface area (Å²) >= 11 is 0. The van der Waals surface area contributed by atoms with Gasteiger partial charge < -0.3 is 20.1 Å². The second-order valence-electron chi connectivity index (χ2n) is 4.24. The third-order valence-corrected chi connectivity index (χ3v) is 2.89. The van der Waals surface area contributed by atoms with Crippen molar-refractivity contribution in [3.63, 3.8) is 0 Å². The van der Waals surface area contributed by atoms with Crippen molar-refractivity contribution in [3.05, 3.63) is 29.6 Å². The molecule has 20 heavy (non-hydrogen) atoms. The van der Waals surface area contributed by atoms with E-state index in [4.69, 9.17) is 15.2 Å². The molecule has 0 aromatic heterocycles. The van der Waals surface area contributed by atoms with Crippen LogP contribution in [0.25, 0.3) is 0 Å². The normalized spacial score (nSPS) is 10.4. The molecule has 0 fully saturated rings. The van der Waals surface area contributed by atoms with E-state index in [9.17, 15) is 9.18 Å². The Bertz CT molecular complexity index is 432. The fraction of sp³-hybridized carbons (Fsp3) is 0.500. The molecule has 1 aromatic carbocycles. The summed E-state index contributed by atoms with van der Waals surface area (Å²) in [7, 11) is 2.96. The summed E-state index contributed by atoms with van der Waals surface area (Å²) in [6.07, 6.45) is 0.645. The summed E-state index contributed by atoms with van der Waals surface area (Å²) < 4.78 is 23.9. The predicted octanol–water partition coefficient (Wildman–Crippen LogP) is 1.27. The van der Waals surface area contributed by atoms with E-state index in [1.807, 2.05) is 0 Å². The number of halogens is 1. The van der Waals surface area contributed by atoms with Crippen molar-refractivity contribution in [3.8, 4) is 5.75 Å². The van der Waals surface area contributed by atoms with Gasteiger partial charge in [-0.15, -0.1) is 0 Å². The lowest BCUT2D eigenvalue weighted by atomic mass is 10.1. The van der Waals surface area contributed by atoms with Crippen LogP contribution < -0.4 is 10.5 Å². The van der Waals surface area contributed by atoms with Crippen LogP contribution in [0.3, 0.4) is 0 Å². The number of carbonyl (C=O) groups excluding carboxylic acids is 1. The lowest BCUT2D eigenvalue weighted by Crippen LogP contribution is -2.36. The summed E-state index contributed by atoms with van der Waals surface area (Å²) in [5, 5.41) is 0. The van der Waals surface area contributed by atoms with E-state index in [0.717, 1.165) is 0 Å². The Morgan fingerprint density at radius 1 is 1.35 bits per heavy atom. The van der Waals surface area contributed by atoms with Gasteiger partial charge >= 0.3 is 0 Å². The zero-order chi connectivity index (χ0) is 15.0. The van der Waals surface area contributed by atoms with E-state index >= 15 is 0 Å². The fourth-order valence-electron chi connectivity index (χ4n) is 1.84. The second-order valence-corrected chi connectivity index (χ2v) is 4.24. The molecule has 0 aliphatic carbocycles. The standard InChI is InChI=1S/C14H21FN2O3/c1-19-10-9-17(8-4-7-16)14(18)13-11(15)5-3-6-12(13)20-2/h3,5-6H,4,7-10,16H2,1-2H3. The number of rotatable bonds is 8. The number of hydrogen-bond donors (Lipinski definition) is 1. The molecule has 2 N–H and O–H groups in total. The minimum Gasteiger partial charge on any atom is -0.496 e. The number of nitrogens with two attached hydrogens (primary N) is 1. The van der Waals surface area contributed by atoms with Crippen LogP contribution in [-0.4, -0.2) is 51.3 Å². The van der Waals surface area contributed by atoms with Gasteiger partial charge in [-0.1, -0.05) is 6.07 Å². The maximum atomic E-state index is 13.9. The summed E-state index contributed by atoms with van der Waals surface area (Å²) in [5.41, 5.74) is 5.41. The molecule has 1 amide bonds. The number of benzene rings is 1. The number of hydrogen-bond acceptors (Lipinski definition) is 4. The molecule has 0 saturated carbocycles. The van der Waals surface area contributed by atoms with Gasteiger partial charge in [-0.3, -0.25) is 4.79 Å². The van der Waals surface area contributed by atoms with Crippen LogP contribution >= 0.6 is 0 Å². The van der Waals surface area contributed by atoms with E-state index in [1.54, 1.807) is 13.2 Å². The second kappa shape index (κ2) is 8.50. The molecule has 0 saturated heterocycles. The maximum Gasteiger partial charge on any atom is 0.260 e. The number of amides is 1.